The number of nitrogens with zero attached hydrogens (tertiary/aromatic N) is 2. The van der Waals surface area contributed by atoms with Crippen LogP contribution in [0.3, 0.4) is 0 Å². The number of anilines is 2. The number of hydrogen-bond donors (Lipinski definition) is 1. The van der Waals surface area contributed by atoms with Gasteiger partial charge in [-0.05, 0) is 83.1 Å². The summed E-state index contributed by atoms with van der Waals surface area (Å²) in [5.41, 5.74) is 3.36. The van der Waals surface area contributed by atoms with E-state index in [1.807, 2.05) is 36.4 Å². The third-order valence-corrected chi connectivity index (χ3v) is 4.65. The maximum Gasteiger partial charge on any atom is 0.335 e. The van der Waals surface area contributed by atoms with Gasteiger partial charge in [-0.2, -0.15) is 0 Å². The highest BCUT2D eigenvalue weighted by Crippen LogP contribution is 2.15. The fraction of sp³-hybridized carbons (Fsp3) is 0.391. The molecule has 5 heteroatoms. The lowest BCUT2D eigenvalue weighted by atomic mass is 10.1. The van der Waals surface area contributed by atoms with E-state index in [0.29, 0.717) is 5.56 Å². The summed E-state index contributed by atoms with van der Waals surface area (Å²) >= 11 is 0. The minimum absolute atomic E-state index is 0.121. The van der Waals surface area contributed by atoms with Gasteiger partial charge in [0.05, 0.1) is 5.56 Å². The van der Waals surface area contributed by atoms with Gasteiger partial charge in [-0.25, -0.2) is 4.79 Å². The molecule has 0 aromatic heterocycles. The molecule has 0 unspecified atom stereocenters. The quantitative estimate of drug-likeness (QED) is 0.651. The third-order valence-electron chi connectivity index (χ3n) is 4.65. The lowest BCUT2D eigenvalue weighted by Crippen LogP contribution is -2.21. The van der Waals surface area contributed by atoms with E-state index in [2.05, 4.69) is 37.5 Å². The molecule has 28 heavy (non-hydrogen) atoms. The lowest BCUT2D eigenvalue weighted by molar-refractivity contribution is 0.0696. The van der Waals surface area contributed by atoms with Crippen molar-refractivity contribution in [3.05, 3.63) is 59.7 Å². The molecule has 0 aliphatic heterocycles. The Morgan fingerprint density at radius 2 is 1.00 bits per heavy atom. The summed E-state index contributed by atoms with van der Waals surface area (Å²) in [5.74, 6) is -0.757. The third kappa shape index (κ3) is 6.72. The van der Waals surface area contributed by atoms with Crippen molar-refractivity contribution in [2.45, 2.75) is 34.6 Å². The van der Waals surface area contributed by atoms with Crippen molar-refractivity contribution in [2.75, 3.05) is 36.0 Å². The van der Waals surface area contributed by atoms with Crippen LogP contribution in [0.5, 0.6) is 0 Å². The van der Waals surface area contributed by atoms with Gasteiger partial charge in [-0.1, -0.05) is 0 Å². The molecule has 2 aromatic rings. The second-order valence-electron chi connectivity index (χ2n) is 6.30. The van der Waals surface area contributed by atoms with E-state index in [1.54, 1.807) is 19.1 Å². The van der Waals surface area contributed by atoms with Gasteiger partial charge in [-0.3, -0.25) is 4.79 Å². The first-order valence-electron chi connectivity index (χ1n) is 9.82. The maximum absolute atomic E-state index is 11.1. The van der Waals surface area contributed by atoms with Crippen molar-refractivity contribution in [3.8, 4) is 0 Å². The SMILES string of the molecule is CCN(CC)c1ccc(C(=O)O)cc1.CCN(CC)c1ccc(C(C)=O)cc1. The number of carbonyl (C=O) groups is 2. The van der Waals surface area contributed by atoms with E-state index in [-0.39, 0.29) is 5.78 Å². The molecule has 5 nitrogen and oxygen atoms in total. The van der Waals surface area contributed by atoms with Crippen molar-refractivity contribution in [1.82, 2.24) is 0 Å². The zero-order valence-electron chi connectivity index (χ0n) is 17.6. The smallest absolute Gasteiger partial charge is 0.335 e. The van der Waals surface area contributed by atoms with Gasteiger partial charge in [0.2, 0.25) is 0 Å². The Hall–Kier alpha value is -2.82. The van der Waals surface area contributed by atoms with Crippen LogP contribution in [-0.4, -0.2) is 43.0 Å². The summed E-state index contributed by atoms with van der Waals surface area (Å²) in [6.07, 6.45) is 0. The molecular formula is C23H32N2O3. The fourth-order valence-electron chi connectivity index (χ4n) is 2.90. The van der Waals surface area contributed by atoms with E-state index >= 15 is 0 Å². The minimum Gasteiger partial charge on any atom is -0.478 e. The van der Waals surface area contributed by atoms with E-state index < -0.39 is 5.97 Å². The van der Waals surface area contributed by atoms with Crippen LogP contribution in [0, 0.1) is 0 Å². The molecule has 2 rings (SSSR count). The van der Waals surface area contributed by atoms with Crippen LogP contribution in [0.2, 0.25) is 0 Å². The number of hydrogen-bond acceptors (Lipinski definition) is 4. The molecule has 2 aromatic carbocycles. The summed E-state index contributed by atoms with van der Waals surface area (Å²) in [7, 11) is 0. The van der Waals surface area contributed by atoms with Gasteiger partial charge in [-0.15, -0.1) is 0 Å². The maximum atomic E-state index is 11.1. The van der Waals surface area contributed by atoms with E-state index in [1.165, 1.54) is 5.69 Å². The molecule has 0 atom stereocenters. The molecule has 0 heterocycles. The summed E-state index contributed by atoms with van der Waals surface area (Å²) in [5, 5.41) is 8.72. The van der Waals surface area contributed by atoms with E-state index in [4.69, 9.17) is 5.11 Å². The van der Waals surface area contributed by atoms with Gasteiger partial charge < -0.3 is 14.9 Å². The highest BCUT2D eigenvalue weighted by molar-refractivity contribution is 5.94. The Morgan fingerprint density at radius 3 is 1.25 bits per heavy atom. The number of benzene rings is 2. The Labute approximate surface area is 168 Å². The topological polar surface area (TPSA) is 60.9 Å². The van der Waals surface area contributed by atoms with E-state index in [9.17, 15) is 9.59 Å². The van der Waals surface area contributed by atoms with Crippen LogP contribution in [-0.2, 0) is 0 Å². The number of ketones is 1. The molecule has 0 bridgehead atoms. The predicted molar refractivity (Wildman–Crippen MR) is 117 cm³/mol. The Balaban J connectivity index is 0.000000280. The number of Topliss-reactive ketones (excluding diaryl/α,β-unsaturated/α-hetero) is 1. The standard InChI is InChI=1S/C12H17NO.C11H15NO2/c1-4-13(5-2)12-8-6-11(7-9-12)10(3)14;1-3-12(4-2)10-7-5-9(6-8-10)11(13)14/h6-9H,4-5H2,1-3H3;5-8H,3-4H2,1-2H3,(H,13,14). The zero-order chi connectivity index (χ0) is 21.1. The van der Waals surface area contributed by atoms with Crippen LogP contribution in [0.4, 0.5) is 11.4 Å². The average Bonchev–Trinajstić information content (AvgIpc) is 2.71. The Bertz CT molecular complexity index is 666. The monoisotopic (exact) mass is 384 g/mol. The van der Waals surface area contributed by atoms with Gasteiger partial charge >= 0.3 is 5.97 Å². The summed E-state index contributed by atoms with van der Waals surface area (Å²) in [4.78, 5) is 26.1. The van der Waals surface area contributed by atoms with Gasteiger partial charge in [0.1, 0.15) is 0 Å². The number of carbonyl (C=O) groups excluding carboxylic acids is 1. The summed E-state index contributed by atoms with van der Waals surface area (Å²) < 4.78 is 0. The molecular weight excluding hydrogens is 352 g/mol. The molecule has 0 saturated heterocycles. The van der Waals surface area contributed by atoms with Crippen molar-refractivity contribution in [1.29, 1.82) is 0 Å². The highest BCUT2D eigenvalue weighted by Gasteiger charge is 2.05. The highest BCUT2D eigenvalue weighted by atomic mass is 16.4. The largest absolute Gasteiger partial charge is 0.478 e. The lowest BCUT2D eigenvalue weighted by Gasteiger charge is -2.20. The van der Waals surface area contributed by atoms with Crippen LogP contribution in [0.1, 0.15) is 55.3 Å². The molecule has 0 saturated carbocycles. The molecule has 0 radical (unpaired) electrons. The molecule has 0 fully saturated rings. The van der Waals surface area contributed by atoms with E-state index in [0.717, 1.165) is 37.4 Å². The second-order valence-corrected chi connectivity index (χ2v) is 6.30. The zero-order valence-corrected chi connectivity index (χ0v) is 17.6. The Kier molecular flexibility index (Phi) is 9.79. The average molecular weight is 385 g/mol. The number of rotatable bonds is 8. The Morgan fingerprint density at radius 1 is 0.679 bits per heavy atom. The van der Waals surface area contributed by atoms with Crippen molar-refractivity contribution >= 4 is 23.1 Å². The van der Waals surface area contributed by atoms with Crippen molar-refractivity contribution < 1.29 is 14.7 Å². The molecule has 0 spiro atoms. The fourth-order valence-corrected chi connectivity index (χ4v) is 2.90. The molecule has 152 valence electrons. The summed E-state index contributed by atoms with van der Waals surface area (Å²) in [6, 6.07) is 14.7. The van der Waals surface area contributed by atoms with Crippen molar-refractivity contribution in [2.24, 2.45) is 0 Å². The molecule has 0 amide bonds. The minimum atomic E-state index is -0.879. The number of carboxylic acid groups (broad SMARTS) is 1. The van der Waals surface area contributed by atoms with Crippen LogP contribution in [0.15, 0.2) is 48.5 Å². The molecule has 1 N–H and O–H groups in total. The summed E-state index contributed by atoms with van der Waals surface area (Å²) in [6.45, 7) is 13.9. The first kappa shape index (κ1) is 23.2. The van der Waals surface area contributed by atoms with Crippen LogP contribution in [0.25, 0.3) is 0 Å². The first-order valence-corrected chi connectivity index (χ1v) is 9.82. The predicted octanol–water partition coefficient (Wildman–Crippen LogP) is 4.97. The second kappa shape index (κ2) is 11.8. The number of carboxylic acids is 1. The van der Waals surface area contributed by atoms with Crippen molar-refractivity contribution in [3.63, 3.8) is 0 Å². The van der Waals surface area contributed by atoms with Gasteiger partial charge in [0, 0.05) is 43.1 Å². The normalized spacial score (nSPS) is 9.89. The molecule has 0 aliphatic carbocycles. The van der Waals surface area contributed by atoms with Gasteiger partial charge in [0.25, 0.3) is 0 Å². The number of aromatic carboxylic acids is 1. The first-order chi connectivity index (χ1) is 13.4. The van der Waals surface area contributed by atoms with Gasteiger partial charge in [0.15, 0.2) is 5.78 Å². The van der Waals surface area contributed by atoms with Crippen LogP contribution >= 0.6 is 0 Å². The molecule has 0 aliphatic rings. The van der Waals surface area contributed by atoms with Crippen LogP contribution < -0.4 is 9.80 Å².